The van der Waals surface area contributed by atoms with Gasteiger partial charge in [-0.2, -0.15) is 0 Å². The fourth-order valence-electron chi connectivity index (χ4n) is 3.84. The van der Waals surface area contributed by atoms with Gasteiger partial charge in [0.05, 0.1) is 18.8 Å². The van der Waals surface area contributed by atoms with E-state index < -0.39 is 0 Å². The molecule has 1 aliphatic rings. The summed E-state index contributed by atoms with van der Waals surface area (Å²) in [5.74, 6) is 0.623. The molecule has 1 fully saturated rings. The quantitative estimate of drug-likeness (QED) is 0.311. The van der Waals surface area contributed by atoms with E-state index in [0.29, 0.717) is 5.92 Å². The van der Waals surface area contributed by atoms with Gasteiger partial charge in [-0.15, -0.1) is 0 Å². The highest BCUT2D eigenvalue weighted by atomic mass is 16.6. The van der Waals surface area contributed by atoms with Crippen LogP contribution < -0.4 is 0 Å². The van der Waals surface area contributed by atoms with Gasteiger partial charge in [-0.25, -0.2) is 0 Å². The van der Waals surface area contributed by atoms with Crippen LogP contribution in [-0.4, -0.2) is 37.6 Å². The number of hydrogen-bond donors (Lipinski definition) is 0. The van der Waals surface area contributed by atoms with Crippen LogP contribution >= 0.6 is 0 Å². The maximum Gasteiger partial charge on any atom is 0.114 e. The Kier molecular flexibility index (Phi) is 11.3. The first kappa shape index (κ1) is 22.9. The van der Waals surface area contributed by atoms with Gasteiger partial charge in [0.2, 0.25) is 0 Å². The molecule has 1 heterocycles. The molecule has 0 saturated carbocycles. The molecule has 0 radical (unpaired) electrons. The lowest BCUT2D eigenvalue weighted by Crippen LogP contribution is -2.51. The van der Waals surface area contributed by atoms with E-state index in [2.05, 4.69) is 34.6 Å². The van der Waals surface area contributed by atoms with Crippen molar-refractivity contribution in [3.05, 3.63) is 0 Å². The van der Waals surface area contributed by atoms with E-state index in [1.807, 2.05) is 0 Å². The summed E-state index contributed by atoms with van der Waals surface area (Å²) in [4.78, 5) is 0. The second-order valence-electron chi connectivity index (χ2n) is 8.31. The topological polar surface area (TPSA) is 27.7 Å². The van der Waals surface area contributed by atoms with Crippen LogP contribution in [0.5, 0.6) is 0 Å². The van der Waals surface area contributed by atoms with Crippen molar-refractivity contribution in [3.63, 3.8) is 0 Å². The van der Waals surface area contributed by atoms with Crippen molar-refractivity contribution in [1.82, 2.24) is 0 Å². The molecule has 0 aliphatic carbocycles. The summed E-state index contributed by atoms with van der Waals surface area (Å²) in [7, 11) is 0. The van der Waals surface area contributed by atoms with Gasteiger partial charge in [0.15, 0.2) is 0 Å². The highest BCUT2D eigenvalue weighted by molar-refractivity contribution is 4.86. The summed E-state index contributed by atoms with van der Waals surface area (Å²) >= 11 is 0. The molecule has 3 nitrogen and oxygen atoms in total. The SMILES string of the molecule is CCCCCCCCC(CCCOC1(CC)COC1)C(C)(C)OCC. The zero-order valence-corrected chi connectivity index (χ0v) is 17.7. The van der Waals surface area contributed by atoms with Gasteiger partial charge in [0.1, 0.15) is 5.60 Å². The van der Waals surface area contributed by atoms with E-state index in [4.69, 9.17) is 14.2 Å². The lowest BCUT2D eigenvalue weighted by molar-refractivity contribution is -0.211. The standard InChI is InChI=1S/C22H44O3/c1-6-9-10-11-12-13-15-20(21(4,5)24-8-3)16-14-17-25-22(7-2)18-23-19-22/h20H,6-19H2,1-5H3. The predicted octanol–water partition coefficient (Wildman–Crippen LogP) is 6.14. The molecular formula is C22H44O3. The number of rotatable bonds is 16. The molecule has 0 spiro atoms. The Morgan fingerprint density at radius 2 is 1.56 bits per heavy atom. The van der Waals surface area contributed by atoms with Gasteiger partial charge in [0.25, 0.3) is 0 Å². The van der Waals surface area contributed by atoms with Crippen LogP contribution in [0.25, 0.3) is 0 Å². The lowest BCUT2D eigenvalue weighted by atomic mass is 9.82. The molecule has 150 valence electrons. The lowest BCUT2D eigenvalue weighted by Gasteiger charge is -2.41. The van der Waals surface area contributed by atoms with E-state index in [1.54, 1.807) is 0 Å². The number of ether oxygens (including phenoxy) is 3. The third-order valence-corrected chi connectivity index (χ3v) is 5.89. The van der Waals surface area contributed by atoms with Crippen molar-refractivity contribution in [2.75, 3.05) is 26.4 Å². The van der Waals surface area contributed by atoms with Gasteiger partial charge in [-0.05, 0) is 52.4 Å². The summed E-state index contributed by atoms with van der Waals surface area (Å²) in [5, 5.41) is 0. The molecule has 0 N–H and O–H groups in total. The molecule has 0 bridgehead atoms. The van der Waals surface area contributed by atoms with Crippen LogP contribution in [-0.2, 0) is 14.2 Å². The summed E-state index contributed by atoms with van der Waals surface area (Å²) in [6.07, 6.45) is 12.8. The maximum absolute atomic E-state index is 6.14. The van der Waals surface area contributed by atoms with Crippen LogP contribution in [0.15, 0.2) is 0 Å². The van der Waals surface area contributed by atoms with Gasteiger partial charge >= 0.3 is 0 Å². The molecule has 0 aromatic carbocycles. The van der Waals surface area contributed by atoms with E-state index in [-0.39, 0.29) is 11.2 Å². The average Bonchev–Trinajstić information content (AvgIpc) is 2.54. The summed E-state index contributed by atoms with van der Waals surface area (Å²) < 4.78 is 17.6. The molecule has 1 atom stereocenters. The van der Waals surface area contributed by atoms with Crippen LogP contribution in [0.2, 0.25) is 0 Å². The zero-order chi connectivity index (χ0) is 18.6. The molecule has 1 unspecified atom stereocenters. The zero-order valence-electron chi connectivity index (χ0n) is 17.7. The summed E-state index contributed by atoms with van der Waals surface area (Å²) in [6.45, 7) is 14.3. The molecule has 3 heteroatoms. The van der Waals surface area contributed by atoms with E-state index in [0.717, 1.165) is 39.3 Å². The Morgan fingerprint density at radius 1 is 0.920 bits per heavy atom. The van der Waals surface area contributed by atoms with Crippen molar-refractivity contribution >= 4 is 0 Å². The van der Waals surface area contributed by atoms with E-state index >= 15 is 0 Å². The Morgan fingerprint density at radius 3 is 2.12 bits per heavy atom. The van der Waals surface area contributed by atoms with Gasteiger partial charge in [-0.3, -0.25) is 0 Å². The fraction of sp³-hybridized carbons (Fsp3) is 1.00. The molecule has 0 aromatic heterocycles. The Balaban J connectivity index is 2.32. The average molecular weight is 357 g/mol. The molecule has 25 heavy (non-hydrogen) atoms. The second kappa shape index (κ2) is 12.3. The third kappa shape index (κ3) is 8.41. The first-order chi connectivity index (χ1) is 12.0. The predicted molar refractivity (Wildman–Crippen MR) is 106 cm³/mol. The van der Waals surface area contributed by atoms with Crippen LogP contribution in [0, 0.1) is 5.92 Å². The highest BCUT2D eigenvalue weighted by Crippen LogP contribution is 2.32. The van der Waals surface area contributed by atoms with Crippen LogP contribution in [0.3, 0.4) is 0 Å². The van der Waals surface area contributed by atoms with Gasteiger partial charge in [0, 0.05) is 13.2 Å². The molecule has 0 aromatic rings. The monoisotopic (exact) mass is 356 g/mol. The Bertz CT molecular complexity index is 318. The number of unbranched alkanes of at least 4 members (excludes halogenated alkanes) is 5. The molecule has 0 amide bonds. The van der Waals surface area contributed by atoms with Crippen molar-refractivity contribution in [2.24, 2.45) is 5.92 Å². The Hall–Kier alpha value is -0.120. The molecule has 1 aliphatic heterocycles. The minimum Gasteiger partial charge on any atom is -0.376 e. The fourth-order valence-corrected chi connectivity index (χ4v) is 3.84. The van der Waals surface area contributed by atoms with Crippen molar-refractivity contribution in [2.45, 2.75) is 110 Å². The first-order valence-corrected chi connectivity index (χ1v) is 10.9. The van der Waals surface area contributed by atoms with Crippen LogP contribution in [0.1, 0.15) is 98.8 Å². The van der Waals surface area contributed by atoms with Gasteiger partial charge in [-0.1, -0.05) is 52.4 Å². The van der Waals surface area contributed by atoms with Crippen LogP contribution in [0.4, 0.5) is 0 Å². The minimum atomic E-state index is -0.0276. The highest BCUT2D eigenvalue weighted by Gasteiger charge is 2.37. The normalized spacial score (nSPS) is 18.1. The van der Waals surface area contributed by atoms with Crippen molar-refractivity contribution < 1.29 is 14.2 Å². The molecular weight excluding hydrogens is 312 g/mol. The molecule has 1 rings (SSSR count). The van der Waals surface area contributed by atoms with E-state index in [9.17, 15) is 0 Å². The number of hydrogen-bond acceptors (Lipinski definition) is 3. The van der Waals surface area contributed by atoms with Gasteiger partial charge < -0.3 is 14.2 Å². The van der Waals surface area contributed by atoms with Crippen molar-refractivity contribution in [3.8, 4) is 0 Å². The smallest absolute Gasteiger partial charge is 0.114 e. The maximum atomic E-state index is 6.14. The molecule has 1 saturated heterocycles. The largest absolute Gasteiger partial charge is 0.376 e. The summed E-state index contributed by atoms with van der Waals surface area (Å²) in [5.41, 5.74) is -0.00952. The second-order valence-corrected chi connectivity index (χ2v) is 8.31. The minimum absolute atomic E-state index is 0.0181. The van der Waals surface area contributed by atoms with E-state index in [1.165, 1.54) is 51.4 Å². The Labute approximate surface area is 157 Å². The third-order valence-electron chi connectivity index (χ3n) is 5.89. The first-order valence-electron chi connectivity index (χ1n) is 10.9. The summed E-state index contributed by atoms with van der Waals surface area (Å²) in [6, 6.07) is 0. The van der Waals surface area contributed by atoms with Crippen molar-refractivity contribution in [1.29, 1.82) is 0 Å².